The zero-order valence-corrected chi connectivity index (χ0v) is 29.0. The van der Waals surface area contributed by atoms with E-state index in [2.05, 4.69) is 6.92 Å². The lowest BCUT2D eigenvalue weighted by atomic mass is 9.42. The number of aliphatic hydroxyl groups is 2. The summed E-state index contributed by atoms with van der Waals surface area (Å²) in [7, 11) is 1.24. The first kappa shape index (κ1) is 32.6. The Labute approximate surface area is 284 Å². The topological polar surface area (TPSA) is 163 Å². The number of fused-ring (bicyclic) bond motifs is 7. The molecule has 5 saturated carbocycles. The third-order valence-corrected chi connectivity index (χ3v) is 14.6. The van der Waals surface area contributed by atoms with Gasteiger partial charge in [0.15, 0.2) is 5.78 Å². The number of allylic oxidation sites excluding steroid dienone is 2. The Morgan fingerprint density at radius 1 is 0.980 bits per heavy atom. The number of ketones is 1. The van der Waals surface area contributed by atoms with Crippen molar-refractivity contribution in [3.05, 3.63) is 45.1 Å². The Morgan fingerprint density at radius 2 is 1.69 bits per heavy atom. The smallest absolute Gasteiger partial charge is 0.338 e. The minimum Gasteiger partial charge on any atom is -0.466 e. The number of rotatable bonds is 6. The summed E-state index contributed by atoms with van der Waals surface area (Å²) in [5.74, 6) is -4.77. The van der Waals surface area contributed by atoms with Crippen LogP contribution in [0.1, 0.15) is 67.2 Å². The minimum atomic E-state index is -1.44. The van der Waals surface area contributed by atoms with Crippen LogP contribution in [0.25, 0.3) is 0 Å². The summed E-state index contributed by atoms with van der Waals surface area (Å²) >= 11 is 0. The Hall–Kier alpha value is -3.57. The van der Waals surface area contributed by atoms with E-state index < -0.39 is 75.6 Å². The molecule has 12 atom stereocenters. The van der Waals surface area contributed by atoms with Crippen LogP contribution in [0.3, 0.4) is 0 Å². The van der Waals surface area contributed by atoms with E-state index in [1.807, 2.05) is 6.92 Å². The molecule has 1 aliphatic heterocycles. The van der Waals surface area contributed by atoms with Gasteiger partial charge in [-0.15, -0.1) is 0 Å². The highest BCUT2D eigenvalue weighted by Gasteiger charge is 2.84. The molecular formula is C38H44O11. The Morgan fingerprint density at radius 3 is 2.35 bits per heavy atom. The molecule has 8 aliphatic rings. The molecule has 8 rings (SSSR count). The van der Waals surface area contributed by atoms with E-state index in [0.717, 1.165) is 17.6 Å². The van der Waals surface area contributed by atoms with Crippen molar-refractivity contribution in [1.29, 1.82) is 0 Å². The maximum atomic E-state index is 14.5. The summed E-state index contributed by atoms with van der Waals surface area (Å²) in [6.07, 6.45) is 2.50. The highest BCUT2D eigenvalue weighted by atomic mass is 16.6. The van der Waals surface area contributed by atoms with Crippen LogP contribution in [0.5, 0.6) is 0 Å². The first-order chi connectivity index (χ1) is 23.0. The molecule has 1 heterocycles. The molecule has 262 valence electrons. The van der Waals surface area contributed by atoms with Crippen molar-refractivity contribution < 1.29 is 53.1 Å². The molecule has 0 saturated heterocycles. The van der Waals surface area contributed by atoms with Crippen LogP contribution in [0.15, 0.2) is 45.1 Å². The zero-order chi connectivity index (χ0) is 35.3. The molecular weight excluding hydrogens is 632 g/mol. The Balaban J connectivity index is 1.37. The van der Waals surface area contributed by atoms with Gasteiger partial charge >= 0.3 is 23.9 Å². The van der Waals surface area contributed by atoms with Crippen molar-refractivity contribution in [2.45, 2.75) is 84.5 Å². The fourth-order valence-electron chi connectivity index (χ4n) is 12.1. The summed E-state index contributed by atoms with van der Waals surface area (Å²) in [4.78, 5) is 66.8. The molecule has 11 nitrogen and oxygen atoms in total. The van der Waals surface area contributed by atoms with Crippen LogP contribution in [0.4, 0.5) is 0 Å². The average molecular weight is 677 g/mol. The molecule has 5 fully saturated rings. The standard InChI is InChI=1S/C38H44O11/c1-8-15(2)32(42)48-14-37(45)24-11-23(24)35(5)25(37)12-22-20(13-47-17(4)39)34(44)49-38(22)26(35)10-19-18-9-21(18)36(6)28(19)29(38)27(30(40)31(36)41)16(3)33(43)46-7/h8,18,21,23-26,29,31,41,45H,9-14H2,1-7H3/b15-8+,27-16+/t18-,21-,23-,24+,25-,26+,29+,31+,35+,36+,37+,38+/m1/s1. The van der Waals surface area contributed by atoms with E-state index in [4.69, 9.17) is 18.9 Å². The van der Waals surface area contributed by atoms with Crippen LogP contribution in [0, 0.1) is 52.3 Å². The van der Waals surface area contributed by atoms with E-state index in [0.29, 0.717) is 24.0 Å². The molecule has 0 aromatic carbocycles. The summed E-state index contributed by atoms with van der Waals surface area (Å²) in [5.41, 5.74) is -1.10. The SMILES string of the molecule is C/C=C(\C)C(=O)OC[C@]1(O)[C@H]2C[C@H]2[C@]2(C)[C@@H]3CC4=C5[C@H](/C(=C(/C)C(=O)OC)C(=O)[C@H](O)[C@@]5(C)[C@@H]5C[C@H]45)[C@@]34OC(=O)C(COC(C)=O)=C4C[C@@H]12. The molecule has 0 aromatic rings. The van der Waals surface area contributed by atoms with Crippen LogP contribution in [-0.4, -0.2) is 77.5 Å². The second-order valence-electron chi connectivity index (χ2n) is 16.2. The first-order valence-corrected chi connectivity index (χ1v) is 17.4. The monoisotopic (exact) mass is 676 g/mol. The van der Waals surface area contributed by atoms with Crippen molar-refractivity contribution in [3.8, 4) is 0 Å². The van der Waals surface area contributed by atoms with Gasteiger partial charge in [0.1, 0.15) is 30.5 Å². The molecule has 2 N–H and O–H groups in total. The van der Waals surface area contributed by atoms with Gasteiger partial charge < -0.3 is 29.2 Å². The molecule has 7 aliphatic carbocycles. The normalized spacial score (nSPS) is 46.1. The minimum absolute atomic E-state index is 0.0209. The summed E-state index contributed by atoms with van der Waals surface area (Å²) in [6, 6.07) is 0. The van der Waals surface area contributed by atoms with E-state index in [1.165, 1.54) is 21.0 Å². The lowest BCUT2D eigenvalue weighted by Gasteiger charge is -2.63. The maximum Gasteiger partial charge on any atom is 0.338 e. The van der Waals surface area contributed by atoms with Crippen molar-refractivity contribution in [2.24, 2.45) is 52.3 Å². The van der Waals surface area contributed by atoms with Gasteiger partial charge in [-0.3, -0.25) is 9.59 Å². The first-order valence-electron chi connectivity index (χ1n) is 17.4. The summed E-state index contributed by atoms with van der Waals surface area (Å²) in [5, 5.41) is 24.4. The number of aliphatic hydroxyl groups excluding tert-OH is 1. The molecule has 11 heteroatoms. The molecule has 1 spiro atoms. The highest BCUT2D eigenvalue weighted by Crippen LogP contribution is 2.83. The van der Waals surface area contributed by atoms with Crippen molar-refractivity contribution in [2.75, 3.05) is 20.3 Å². The number of hydrogen-bond donors (Lipinski definition) is 2. The van der Waals surface area contributed by atoms with E-state index in [9.17, 15) is 34.2 Å². The molecule has 49 heavy (non-hydrogen) atoms. The lowest BCUT2D eigenvalue weighted by molar-refractivity contribution is -0.191. The van der Waals surface area contributed by atoms with E-state index >= 15 is 0 Å². The number of carbonyl (C=O) groups is 5. The Kier molecular flexibility index (Phi) is 6.67. The summed E-state index contributed by atoms with van der Waals surface area (Å²) in [6.45, 7) is 9.67. The van der Waals surface area contributed by atoms with Gasteiger partial charge in [-0.25, -0.2) is 14.4 Å². The van der Waals surface area contributed by atoms with Gasteiger partial charge in [-0.05, 0) is 86.7 Å². The van der Waals surface area contributed by atoms with Crippen molar-refractivity contribution >= 4 is 29.7 Å². The largest absolute Gasteiger partial charge is 0.466 e. The number of methoxy groups -OCH3 is 1. The second kappa shape index (κ2) is 10.0. The van der Waals surface area contributed by atoms with Gasteiger partial charge in [-0.2, -0.15) is 0 Å². The van der Waals surface area contributed by atoms with Crippen molar-refractivity contribution in [3.63, 3.8) is 0 Å². The maximum absolute atomic E-state index is 14.5. The van der Waals surface area contributed by atoms with Gasteiger partial charge in [0.2, 0.25) is 0 Å². The average Bonchev–Trinajstić information content (AvgIpc) is 3.98. The predicted molar refractivity (Wildman–Crippen MR) is 170 cm³/mol. The highest BCUT2D eigenvalue weighted by molar-refractivity contribution is 6.09. The quantitative estimate of drug-likeness (QED) is 0.184. The summed E-state index contributed by atoms with van der Waals surface area (Å²) < 4.78 is 23.0. The van der Waals surface area contributed by atoms with Gasteiger partial charge in [0.25, 0.3) is 0 Å². The second-order valence-corrected chi connectivity index (χ2v) is 16.2. The van der Waals surface area contributed by atoms with Gasteiger partial charge in [0, 0.05) is 40.9 Å². The number of ether oxygens (including phenoxy) is 4. The Bertz CT molecular complexity index is 1800. The van der Waals surface area contributed by atoms with Crippen LogP contribution in [-0.2, 0) is 42.9 Å². The molecule has 0 bridgehead atoms. The van der Waals surface area contributed by atoms with Crippen LogP contribution in [0.2, 0.25) is 0 Å². The van der Waals surface area contributed by atoms with Crippen LogP contribution >= 0.6 is 0 Å². The molecule has 0 radical (unpaired) electrons. The van der Waals surface area contributed by atoms with E-state index in [1.54, 1.807) is 19.9 Å². The third kappa shape index (κ3) is 3.73. The van der Waals surface area contributed by atoms with Gasteiger partial charge in [0.05, 0.1) is 18.6 Å². The fourth-order valence-corrected chi connectivity index (χ4v) is 12.1. The molecule has 0 unspecified atom stereocenters. The number of Topliss-reactive ketones (excluding diaryl/α,β-unsaturated/α-hetero) is 1. The number of carbonyl (C=O) groups excluding carboxylic acids is 5. The molecule has 0 amide bonds. The number of esters is 4. The van der Waals surface area contributed by atoms with E-state index in [-0.39, 0.29) is 60.0 Å². The fraction of sp³-hybridized carbons (Fsp3) is 0.658. The molecule has 0 aromatic heterocycles. The number of hydrogen-bond acceptors (Lipinski definition) is 11. The van der Waals surface area contributed by atoms with Gasteiger partial charge in [-0.1, -0.05) is 25.5 Å². The predicted octanol–water partition coefficient (Wildman–Crippen LogP) is 3.08. The van der Waals surface area contributed by atoms with Crippen molar-refractivity contribution in [1.82, 2.24) is 0 Å². The van der Waals surface area contributed by atoms with Crippen LogP contribution < -0.4 is 0 Å². The lowest BCUT2D eigenvalue weighted by Crippen LogP contribution is -2.67. The third-order valence-electron chi connectivity index (χ3n) is 14.6. The zero-order valence-electron chi connectivity index (χ0n) is 29.0.